The van der Waals surface area contributed by atoms with Crippen LogP contribution in [-0.2, 0) is 9.84 Å². The SMILES string of the molecule is CCCC1C(NCC(C)O)C(c2ccccc2)CS1(=O)=O. The van der Waals surface area contributed by atoms with Crippen LogP contribution in [0.1, 0.15) is 38.2 Å². The number of aliphatic hydroxyl groups is 1. The molecule has 1 aliphatic rings. The molecule has 1 fully saturated rings. The molecule has 0 radical (unpaired) electrons. The van der Waals surface area contributed by atoms with E-state index in [1.54, 1.807) is 6.92 Å². The van der Waals surface area contributed by atoms with Gasteiger partial charge in [0.05, 0.1) is 17.1 Å². The maximum atomic E-state index is 12.5. The molecule has 1 aliphatic heterocycles. The molecule has 2 rings (SSSR count). The topological polar surface area (TPSA) is 66.4 Å². The summed E-state index contributed by atoms with van der Waals surface area (Å²) in [5.74, 6) is 0.158. The lowest BCUT2D eigenvalue weighted by molar-refractivity contribution is 0.184. The van der Waals surface area contributed by atoms with E-state index < -0.39 is 15.9 Å². The summed E-state index contributed by atoms with van der Waals surface area (Å²) < 4.78 is 25.0. The number of rotatable bonds is 6. The molecule has 0 aliphatic carbocycles. The van der Waals surface area contributed by atoms with Crippen molar-refractivity contribution in [3.8, 4) is 0 Å². The van der Waals surface area contributed by atoms with Crippen LogP contribution in [0.5, 0.6) is 0 Å². The molecule has 118 valence electrons. The molecule has 2 N–H and O–H groups in total. The zero-order valence-corrected chi connectivity index (χ0v) is 13.5. The van der Waals surface area contributed by atoms with Gasteiger partial charge < -0.3 is 10.4 Å². The predicted octanol–water partition coefficient (Wildman–Crippen LogP) is 1.71. The standard InChI is InChI=1S/C16H25NO3S/c1-3-7-15-16(17-10-12(2)18)14(11-21(15,19)20)13-8-5-4-6-9-13/h4-6,8-9,12,14-18H,3,7,10-11H2,1-2H3. The van der Waals surface area contributed by atoms with Gasteiger partial charge in [-0.2, -0.15) is 0 Å². The molecule has 0 amide bonds. The minimum Gasteiger partial charge on any atom is -0.392 e. The van der Waals surface area contributed by atoms with Crippen LogP contribution in [0.3, 0.4) is 0 Å². The number of sulfone groups is 1. The van der Waals surface area contributed by atoms with Crippen molar-refractivity contribution in [2.24, 2.45) is 0 Å². The van der Waals surface area contributed by atoms with Crippen molar-refractivity contribution in [3.05, 3.63) is 35.9 Å². The fourth-order valence-electron chi connectivity index (χ4n) is 3.19. The lowest BCUT2D eigenvalue weighted by Gasteiger charge is -2.25. The minimum absolute atomic E-state index is 0.0356. The summed E-state index contributed by atoms with van der Waals surface area (Å²) >= 11 is 0. The smallest absolute Gasteiger partial charge is 0.155 e. The summed E-state index contributed by atoms with van der Waals surface area (Å²) in [4.78, 5) is 0. The average Bonchev–Trinajstić information content (AvgIpc) is 2.70. The van der Waals surface area contributed by atoms with E-state index in [0.717, 1.165) is 12.0 Å². The summed E-state index contributed by atoms with van der Waals surface area (Å²) in [6.45, 7) is 4.14. The quantitative estimate of drug-likeness (QED) is 0.839. The van der Waals surface area contributed by atoms with Gasteiger partial charge in [0.15, 0.2) is 9.84 Å². The fourth-order valence-corrected chi connectivity index (χ4v) is 5.66. The zero-order chi connectivity index (χ0) is 15.5. The molecule has 0 aromatic heterocycles. The third kappa shape index (κ3) is 3.84. The van der Waals surface area contributed by atoms with Crippen LogP contribution in [0.4, 0.5) is 0 Å². The van der Waals surface area contributed by atoms with Crippen molar-refractivity contribution in [1.29, 1.82) is 0 Å². The van der Waals surface area contributed by atoms with E-state index in [9.17, 15) is 13.5 Å². The van der Waals surface area contributed by atoms with Gasteiger partial charge in [-0.15, -0.1) is 0 Å². The Morgan fingerprint density at radius 2 is 2.00 bits per heavy atom. The van der Waals surface area contributed by atoms with Gasteiger partial charge in [-0.25, -0.2) is 8.42 Å². The number of benzene rings is 1. The van der Waals surface area contributed by atoms with E-state index in [0.29, 0.717) is 13.0 Å². The molecular formula is C16H25NO3S. The molecule has 1 heterocycles. The highest BCUT2D eigenvalue weighted by Gasteiger charge is 2.46. The highest BCUT2D eigenvalue weighted by Crippen LogP contribution is 2.36. The Labute approximate surface area is 127 Å². The zero-order valence-electron chi connectivity index (χ0n) is 12.7. The monoisotopic (exact) mass is 311 g/mol. The van der Waals surface area contributed by atoms with E-state index in [-0.39, 0.29) is 23.0 Å². The van der Waals surface area contributed by atoms with Crippen molar-refractivity contribution < 1.29 is 13.5 Å². The summed E-state index contributed by atoms with van der Waals surface area (Å²) in [6, 6.07) is 9.69. The van der Waals surface area contributed by atoms with Gasteiger partial charge in [0, 0.05) is 18.5 Å². The van der Waals surface area contributed by atoms with E-state index in [2.05, 4.69) is 5.32 Å². The largest absolute Gasteiger partial charge is 0.392 e. The van der Waals surface area contributed by atoms with Crippen molar-refractivity contribution in [1.82, 2.24) is 5.32 Å². The molecule has 4 nitrogen and oxygen atoms in total. The number of hydrogen-bond acceptors (Lipinski definition) is 4. The first-order valence-corrected chi connectivity index (χ1v) is 9.35. The second-order valence-corrected chi connectivity index (χ2v) is 8.22. The van der Waals surface area contributed by atoms with Crippen LogP contribution in [0.15, 0.2) is 30.3 Å². The van der Waals surface area contributed by atoms with Crippen molar-refractivity contribution in [3.63, 3.8) is 0 Å². The highest BCUT2D eigenvalue weighted by atomic mass is 32.2. The summed E-state index contributed by atoms with van der Waals surface area (Å²) in [5, 5.41) is 12.4. The summed E-state index contributed by atoms with van der Waals surface area (Å²) in [7, 11) is -3.09. The van der Waals surface area contributed by atoms with E-state index >= 15 is 0 Å². The Balaban J connectivity index is 2.29. The maximum absolute atomic E-state index is 12.5. The minimum atomic E-state index is -3.09. The molecule has 21 heavy (non-hydrogen) atoms. The highest BCUT2D eigenvalue weighted by molar-refractivity contribution is 7.92. The lowest BCUT2D eigenvalue weighted by Crippen LogP contribution is -2.44. The van der Waals surface area contributed by atoms with Gasteiger partial charge >= 0.3 is 0 Å². The van der Waals surface area contributed by atoms with Crippen molar-refractivity contribution >= 4 is 9.84 Å². The number of aliphatic hydroxyl groups excluding tert-OH is 1. The second-order valence-electron chi connectivity index (χ2n) is 5.96. The normalized spacial score (nSPS) is 29.4. The first-order valence-electron chi connectivity index (χ1n) is 7.63. The van der Waals surface area contributed by atoms with Crippen LogP contribution < -0.4 is 5.32 Å². The van der Waals surface area contributed by atoms with Crippen molar-refractivity contribution in [2.45, 2.75) is 50.0 Å². The Kier molecular flexibility index (Phi) is 5.41. The third-order valence-electron chi connectivity index (χ3n) is 4.16. The predicted molar refractivity (Wildman–Crippen MR) is 85.1 cm³/mol. The van der Waals surface area contributed by atoms with Crippen LogP contribution in [-0.4, -0.2) is 43.2 Å². The van der Waals surface area contributed by atoms with Gasteiger partial charge in [-0.05, 0) is 18.9 Å². The molecule has 4 atom stereocenters. The lowest BCUT2D eigenvalue weighted by atomic mass is 9.90. The molecule has 4 unspecified atom stereocenters. The molecule has 0 spiro atoms. The molecule has 1 aromatic rings. The second kappa shape index (κ2) is 6.90. The average molecular weight is 311 g/mol. The molecular weight excluding hydrogens is 286 g/mol. The van der Waals surface area contributed by atoms with Crippen LogP contribution >= 0.6 is 0 Å². The first kappa shape index (κ1) is 16.5. The van der Waals surface area contributed by atoms with E-state index in [1.807, 2.05) is 37.3 Å². The number of hydrogen-bond donors (Lipinski definition) is 2. The van der Waals surface area contributed by atoms with Gasteiger partial charge in [-0.1, -0.05) is 43.7 Å². The van der Waals surface area contributed by atoms with Gasteiger partial charge in [-0.3, -0.25) is 0 Å². The Morgan fingerprint density at radius 3 is 2.57 bits per heavy atom. The summed E-state index contributed by atoms with van der Waals surface area (Å²) in [6.07, 6.45) is 1.04. The molecule has 0 bridgehead atoms. The Morgan fingerprint density at radius 1 is 1.33 bits per heavy atom. The van der Waals surface area contributed by atoms with E-state index in [1.165, 1.54) is 0 Å². The van der Waals surface area contributed by atoms with Crippen LogP contribution in [0.25, 0.3) is 0 Å². The third-order valence-corrected chi connectivity index (χ3v) is 6.43. The summed E-state index contributed by atoms with van der Waals surface area (Å²) in [5.41, 5.74) is 1.06. The molecule has 1 aromatic carbocycles. The Hall–Kier alpha value is -0.910. The molecule has 1 saturated heterocycles. The van der Waals surface area contributed by atoms with Gasteiger partial charge in [0.2, 0.25) is 0 Å². The van der Waals surface area contributed by atoms with Crippen LogP contribution in [0.2, 0.25) is 0 Å². The molecule has 0 saturated carbocycles. The van der Waals surface area contributed by atoms with Crippen molar-refractivity contribution in [2.75, 3.05) is 12.3 Å². The van der Waals surface area contributed by atoms with E-state index in [4.69, 9.17) is 0 Å². The number of nitrogens with one attached hydrogen (secondary N) is 1. The van der Waals surface area contributed by atoms with Gasteiger partial charge in [0.25, 0.3) is 0 Å². The molecule has 5 heteroatoms. The first-order chi connectivity index (χ1) is 9.95. The maximum Gasteiger partial charge on any atom is 0.155 e. The van der Waals surface area contributed by atoms with Crippen LogP contribution in [0, 0.1) is 0 Å². The Bertz CT molecular complexity index is 542. The fraction of sp³-hybridized carbons (Fsp3) is 0.625. The van der Waals surface area contributed by atoms with Gasteiger partial charge in [0.1, 0.15) is 0 Å².